The molecule has 0 aliphatic carbocycles. The number of carbonyl (C=O) groups is 2. The number of aryl methyl sites for hydroxylation is 1. The number of benzene rings is 1. The number of anilines is 1. The van der Waals surface area contributed by atoms with Crippen LogP contribution in [0.25, 0.3) is 0 Å². The lowest BCUT2D eigenvalue weighted by Crippen LogP contribution is -2.48. The van der Waals surface area contributed by atoms with Gasteiger partial charge < -0.3 is 9.64 Å². The van der Waals surface area contributed by atoms with Crippen molar-refractivity contribution in [3.63, 3.8) is 0 Å². The summed E-state index contributed by atoms with van der Waals surface area (Å²) in [4.78, 5) is 27.3. The fourth-order valence-corrected chi connectivity index (χ4v) is 2.76. The first kappa shape index (κ1) is 17.5. The predicted molar refractivity (Wildman–Crippen MR) is 91.1 cm³/mol. The molecular weight excluding hydrogens is 292 g/mol. The average Bonchev–Trinajstić information content (AvgIpc) is 2.45. The standard InChI is InChI=1S/C18H26N2O3/c1-14-9-15(13-21)11-16(10-14)20-7-5-19(6-8-20)12-17(22)23-18(2,3)4/h9-11,13H,5-8,12H2,1-4H3. The van der Waals surface area contributed by atoms with Crippen molar-refractivity contribution in [3.8, 4) is 0 Å². The number of aldehydes is 1. The summed E-state index contributed by atoms with van der Waals surface area (Å²) in [5.74, 6) is -0.176. The summed E-state index contributed by atoms with van der Waals surface area (Å²) in [5.41, 5.74) is 2.42. The molecule has 1 aliphatic rings. The number of carbonyl (C=O) groups excluding carboxylic acids is 2. The van der Waals surface area contributed by atoms with E-state index in [2.05, 4.69) is 15.9 Å². The van der Waals surface area contributed by atoms with Crippen molar-refractivity contribution in [2.75, 3.05) is 37.6 Å². The van der Waals surface area contributed by atoms with Gasteiger partial charge in [-0.15, -0.1) is 0 Å². The molecule has 0 N–H and O–H groups in total. The van der Waals surface area contributed by atoms with Gasteiger partial charge in [-0.25, -0.2) is 0 Å². The highest BCUT2D eigenvalue weighted by Gasteiger charge is 2.22. The molecule has 0 atom stereocenters. The molecule has 0 saturated carbocycles. The monoisotopic (exact) mass is 318 g/mol. The number of ether oxygens (including phenoxy) is 1. The Kier molecular flexibility index (Phi) is 5.42. The minimum Gasteiger partial charge on any atom is -0.459 e. The third kappa shape index (κ3) is 5.36. The quantitative estimate of drug-likeness (QED) is 0.630. The third-order valence-corrected chi connectivity index (χ3v) is 3.73. The minimum atomic E-state index is -0.439. The Morgan fingerprint density at radius 3 is 2.39 bits per heavy atom. The zero-order chi connectivity index (χ0) is 17.0. The van der Waals surface area contributed by atoms with Crippen LogP contribution in [0.2, 0.25) is 0 Å². The number of nitrogens with zero attached hydrogens (tertiary/aromatic N) is 2. The van der Waals surface area contributed by atoms with Gasteiger partial charge in [0.1, 0.15) is 11.9 Å². The molecule has 2 rings (SSSR count). The van der Waals surface area contributed by atoms with E-state index in [4.69, 9.17) is 4.74 Å². The molecule has 5 heteroatoms. The first-order valence-corrected chi connectivity index (χ1v) is 8.03. The number of rotatable bonds is 4. The second-order valence-corrected chi connectivity index (χ2v) is 7.07. The fourth-order valence-electron chi connectivity index (χ4n) is 2.76. The molecule has 23 heavy (non-hydrogen) atoms. The molecule has 1 saturated heterocycles. The van der Waals surface area contributed by atoms with Gasteiger partial charge in [0.15, 0.2) is 0 Å². The summed E-state index contributed by atoms with van der Waals surface area (Å²) in [6, 6.07) is 5.90. The Morgan fingerprint density at radius 1 is 1.17 bits per heavy atom. The maximum absolute atomic E-state index is 11.9. The van der Waals surface area contributed by atoms with Gasteiger partial charge in [0, 0.05) is 37.4 Å². The van der Waals surface area contributed by atoms with Crippen molar-refractivity contribution in [1.29, 1.82) is 0 Å². The first-order valence-electron chi connectivity index (χ1n) is 8.03. The molecular formula is C18H26N2O3. The molecule has 0 unspecified atom stereocenters. The van der Waals surface area contributed by atoms with E-state index in [-0.39, 0.29) is 5.97 Å². The average molecular weight is 318 g/mol. The van der Waals surface area contributed by atoms with E-state index >= 15 is 0 Å². The Hall–Kier alpha value is -1.88. The molecule has 0 spiro atoms. The van der Waals surface area contributed by atoms with Gasteiger partial charge in [-0.1, -0.05) is 0 Å². The van der Waals surface area contributed by atoms with Crippen LogP contribution in [-0.2, 0) is 9.53 Å². The van der Waals surface area contributed by atoms with Crippen molar-refractivity contribution in [2.24, 2.45) is 0 Å². The molecule has 0 radical (unpaired) electrons. The van der Waals surface area contributed by atoms with Gasteiger partial charge in [0.25, 0.3) is 0 Å². The highest BCUT2D eigenvalue weighted by atomic mass is 16.6. The summed E-state index contributed by atoms with van der Waals surface area (Å²) < 4.78 is 5.36. The SMILES string of the molecule is Cc1cc(C=O)cc(N2CCN(CC(=O)OC(C)(C)C)CC2)c1. The van der Waals surface area contributed by atoms with Crippen LogP contribution in [0.1, 0.15) is 36.7 Å². The molecule has 5 nitrogen and oxygen atoms in total. The lowest BCUT2D eigenvalue weighted by molar-refractivity contribution is -0.156. The van der Waals surface area contributed by atoms with Crippen molar-refractivity contribution in [2.45, 2.75) is 33.3 Å². The van der Waals surface area contributed by atoms with Gasteiger partial charge in [-0.2, -0.15) is 0 Å². The summed E-state index contributed by atoms with van der Waals surface area (Å²) in [6.45, 7) is 11.3. The van der Waals surface area contributed by atoms with E-state index in [1.807, 2.05) is 39.8 Å². The normalized spacial score (nSPS) is 16.3. The summed E-state index contributed by atoms with van der Waals surface area (Å²) >= 11 is 0. The molecule has 0 amide bonds. The Balaban J connectivity index is 1.90. The molecule has 1 heterocycles. The van der Waals surface area contributed by atoms with E-state index < -0.39 is 5.60 Å². The summed E-state index contributed by atoms with van der Waals surface area (Å²) in [6.07, 6.45) is 0.884. The first-order chi connectivity index (χ1) is 10.8. The second kappa shape index (κ2) is 7.13. The maximum atomic E-state index is 11.9. The lowest BCUT2D eigenvalue weighted by atomic mass is 10.1. The smallest absolute Gasteiger partial charge is 0.320 e. The minimum absolute atomic E-state index is 0.176. The number of hydrogen-bond donors (Lipinski definition) is 0. The summed E-state index contributed by atoms with van der Waals surface area (Å²) in [5, 5.41) is 0. The maximum Gasteiger partial charge on any atom is 0.320 e. The van der Waals surface area contributed by atoms with Crippen molar-refractivity contribution in [3.05, 3.63) is 29.3 Å². The van der Waals surface area contributed by atoms with Crippen LogP contribution >= 0.6 is 0 Å². The van der Waals surface area contributed by atoms with Crippen LogP contribution in [0.4, 0.5) is 5.69 Å². The van der Waals surface area contributed by atoms with Crippen LogP contribution in [-0.4, -0.2) is 55.5 Å². The van der Waals surface area contributed by atoms with Gasteiger partial charge in [-0.05, 0) is 51.5 Å². The van der Waals surface area contributed by atoms with Gasteiger partial charge in [0.2, 0.25) is 0 Å². The zero-order valence-corrected chi connectivity index (χ0v) is 14.5. The van der Waals surface area contributed by atoms with Gasteiger partial charge >= 0.3 is 5.97 Å². The van der Waals surface area contributed by atoms with E-state index in [0.717, 1.165) is 43.7 Å². The van der Waals surface area contributed by atoms with E-state index in [9.17, 15) is 9.59 Å². The number of esters is 1. The Labute approximate surface area is 138 Å². The zero-order valence-electron chi connectivity index (χ0n) is 14.5. The molecule has 0 bridgehead atoms. The van der Waals surface area contributed by atoms with Crippen molar-refractivity contribution < 1.29 is 14.3 Å². The van der Waals surface area contributed by atoms with Crippen LogP contribution < -0.4 is 4.90 Å². The van der Waals surface area contributed by atoms with Crippen LogP contribution in [0.5, 0.6) is 0 Å². The van der Waals surface area contributed by atoms with Gasteiger partial charge in [0.05, 0.1) is 6.54 Å². The largest absolute Gasteiger partial charge is 0.459 e. The van der Waals surface area contributed by atoms with Crippen molar-refractivity contribution in [1.82, 2.24) is 4.90 Å². The lowest BCUT2D eigenvalue weighted by Gasteiger charge is -2.36. The van der Waals surface area contributed by atoms with Crippen molar-refractivity contribution >= 4 is 17.9 Å². The molecule has 1 aliphatic heterocycles. The Bertz CT molecular complexity index is 570. The van der Waals surface area contributed by atoms with E-state index in [1.165, 1.54) is 0 Å². The summed E-state index contributed by atoms with van der Waals surface area (Å²) in [7, 11) is 0. The fraction of sp³-hybridized carbons (Fsp3) is 0.556. The highest BCUT2D eigenvalue weighted by Crippen LogP contribution is 2.20. The molecule has 0 aromatic heterocycles. The number of hydrogen-bond acceptors (Lipinski definition) is 5. The van der Waals surface area contributed by atoms with E-state index in [1.54, 1.807) is 0 Å². The molecule has 1 aromatic rings. The van der Waals surface area contributed by atoms with Crippen LogP contribution in [0.15, 0.2) is 18.2 Å². The topological polar surface area (TPSA) is 49.9 Å². The van der Waals surface area contributed by atoms with Crippen LogP contribution in [0, 0.1) is 6.92 Å². The molecule has 1 fully saturated rings. The molecule has 126 valence electrons. The van der Waals surface area contributed by atoms with E-state index in [0.29, 0.717) is 12.1 Å². The number of piperazine rings is 1. The molecule has 1 aromatic carbocycles. The predicted octanol–water partition coefficient (Wildman–Crippen LogP) is 2.27. The third-order valence-electron chi connectivity index (χ3n) is 3.73. The second-order valence-electron chi connectivity index (χ2n) is 7.07. The highest BCUT2D eigenvalue weighted by molar-refractivity contribution is 5.78. The van der Waals surface area contributed by atoms with Crippen LogP contribution in [0.3, 0.4) is 0 Å². The Morgan fingerprint density at radius 2 is 1.83 bits per heavy atom. The van der Waals surface area contributed by atoms with Gasteiger partial charge in [-0.3, -0.25) is 14.5 Å².